The van der Waals surface area contributed by atoms with E-state index in [2.05, 4.69) is 10.6 Å². The molecule has 0 aliphatic heterocycles. The predicted molar refractivity (Wildman–Crippen MR) is 74.3 cm³/mol. The Balaban J connectivity index is 2.61. The maximum Gasteiger partial charge on any atom is 0.228 e. The summed E-state index contributed by atoms with van der Waals surface area (Å²) in [4.78, 5) is 11.9. The molecular formula is C13H19ClN2O2. The molecule has 0 heterocycles. The van der Waals surface area contributed by atoms with Crippen molar-refractivity contribution in [3.8, 4) is 5.75 Å². The molecule has 1 rings (SSSR count). The minimum absolute atomic E-state index is 0.0304. The summed E-state index contributed by atoms with van der Waals surface area (Å²) in [6.45, 7) is 5.40. The lowest BCUT2D eigenvalue weighted by Crippen LogP contribution is -2.30. The maximum absolute atomic E-state index is 11.9. The van der Waals surface area contributed by atoms with E-state index >= 15 is 0 Å². The first kappa shape index (κ1) is 14.8. The number of methoxy groups -OCH3 is 1. The number of carbonyl (C=O) groups is 1. The molecule has 0 spiro atoms. The van der Waals surface area contributed by atoms with Crippen LogP contribution in [0.1, 0.15) is 13.8 Å². The summed E-state index contributed by atoms with van der Waals surface area (Å²) in [5, 5.41) is 6.44. The van der Waals surface area contributed by atoms with Crippen molar-refractivity contribution in [2.45, 2.75) is 13.8 Å². The van der Waals surface area contributed by atoms with E-state index < -0.39 is 0 Å². The summed E-state index contributed by atoms with van der Waals surface area (Å²) in [5.74, 6) is 0.471. The monoisotopic (exact) mass is 270 g/mol. The van der Waals surface area contributed by atoms with E-state index in [1.165, 1.54) is 0 Å². The van der Waals surface area contributed by atoms with Gasteiger partial charge in [-0.15, -0.1) is 0 Å². The van der Waals surface area contributed by atoms with Gasteiger partial charge < -0.3 is 15.4 Å². The summed E-state index contributed by atoms with van der Waals surface area (Å²) >= 11 is 5.99. The van der Waals surface area contributed by atoms with E-state index in [9.17, 15) is 4.79 Å². The minimum atomic E-state index is -0.0918. The van der Waals surface area contributed by atoms with Crippen LogP contribution in [0.5, 0.6) is 5.75 Å². The molecule has 1 amide bonds. The van der Waals surface area contributed by atoms with Crippen LogP contribution in [0, 0.1) is 5.92 Å². The number of nitrogens with one attached hydrogen (secondary N) is 2. The Kier molecular flexibility index (Phi) is 5.95. The number of rotatable bonds is 6. The molecule has 1 atom stereocenters. The largest absolute Gasteiger partial charge is 0.495 e. The highest BCUT2D eigenvalue weighted by molar-refractivity contribution is 6.32. The highest BCUT2D eigenvalue weighted by Crippen LogP contribution is 2.27. The molecule has 0 bridgehead atoms. The second-order valence-electron chi connectivity index (χ2n) is 4.05. The van der Waals surface area contributed by atoms with Crippen LogP contribution in [-0.2, 0) is 4.79 Å². The van der Waals surface area contributed by atoms with Gasteiger partial charge >= 0.3 is 0 Å². The van der Waals surface area contributed by atoms with Crippen LogP contribution >= 0.6 is 11.6 Å². The molecule has 100 valence electrons. The molecule has 0 aliphatic carbocycles. The van der Waals surface area contributed by atoms with Crippen LogP contribution in [0.3, 0.4) is 0 Å². The minimum Gasteiger partial charge on any atom is -0.495 e. The van der Waals surface area contributed by atoms with Crippen LogP contribution in [0.2, 0.25) is 5.02 Å². The quantitative estimate of drug-likeness (QED) is 0.835. The lowest BCUT2D eigenvalue weighted by Gasteiger charge is -2.13. The van der Waals surface area contributed by atoms with Gasteiger partial charge in [-0.1, -0.05) is 25.4 Å². The number of amides is 1. The van der Waals surface area contributed by atoms with Crippen molar-refractivity contribution >= 4 is 23.2 Å². The van der Waals surface area contributed by atoms with Crippen LogP contribution in [0.25, 0.3) is 0 Å². The number of hydrogen-bond acceptors (Lipinski definition) is 3. The number of ether oxygens (including phenoxy) is 1. The van der Waals surface area contributed by atoms with E-state index in [0.717, 1.165) is 6.54 Å². The van der Waals surface area contributed by atoms with Gasteiger partial charge in [0.1, 0.15) is 5.75 Å². The van der Waals surface area contributed by atoms with Gasteiger partial charge in [0.05, 0.1) is 12.1 Å². The first-order valence-electron chi connectivity index (χ1n) is 5.93. The second kappa shape index (κ2) is 7.24. The zero-order chi connectivity index (χ0) is 13.5. The van der Waals surface area contributed by atoms with Crippen molar-refractivity contribution in [1.82, 2.24) is 5.32 Å². The van der Waals surface area contributed by atoms with Gasteiger partial charge in [0, 0.05) is 18.2 Å². The zero-order valence-electron chi connectivity index (χ0n) is 10.9. The predicted octanol–water partition coefficient (Wildman–Crippen LogP) is 2.53. The molecule has 1 aromatic carbocycles. The fourth-order valence-corrected chi connectivity index (χ4v) is 1.72. The first-order valence-corrected chi connectivity index (χ1v) is 6.31. The first-order chi connectivity index (χ1) is 8.58. The Bertz CT molecular complexity index is 410. The molecule has 1 unspecified atom stereocenters. The molecule has 0 aromatic heterocycles. The SMILES string of the molecule is CCNCC(C)C(=O)Nc1ccc(OC)c(Cl)c1. The third-order valence-electron chi connectivity index (χ3n) is 2.57. The van der Waals surface area contributed by atoms with Crippen molar-refractivity contribution in [2.24, 2.45) is 5.92 Å². The van der Waals surface area contributed by atoms with Crippen LogP contribution in [0.4, 0.5) is 5.69 Å². The third-order valence-corrected chi connectivity index (χ3v) is 2.86. The fourth-order valence-electron chi connectivity index (χ4n) is 1.46. The van der Waals surface area contributed by atoms with E-state index in [1.54, 1.807) is 25.3 Å². The van der Waals surface area contributed by atoms with Crippen molar-refractivity contribution in [1.29, 1.82) is 0 Å². The summed E-state index contributed by atoms with van der Waals surface area (Å²) in [6, 6.07) is 5.17. The van der Waals surface area contributed by atoms with Gasteiger partial charge in [0.2, 0.25) is 5.91 Å². The van der Waals surface area contributed by atoms with Gasteiger partial charge in [0.25, 0.3) is 0 Å². The highest BCUT2D eigenvalue weighted by atomic mass is 35.5. The number of halogens is 1. The van der Waals surface area contributed by atoms with Crippen molar-refractivity contribution in [3.05, 3.63) is 23.2 Å². The Morgan fingerprint density at radius 1 is 1.50 bits per heavy atom. The Morgan fingerprint density at radius 2 is 2.22 bits per heavy atom. The molecule has 0 fully saturated rings. The second-order valence-corrected chi connectivity index (χ2v) is 4.45. The molecule has 4 nitrogen and oxygen atoms in total. The zero-order valence-corrected chi connectivity index (χ0v) is 11.7. The Morgan fingerprint density at radius 3 is 2.78 bits per heavy atom. The van der Waals surface area contributed by atoms with Gasteiger partial charge in [-0.2, -0.15) is 0 Å². The van der Waals surface area contributed by atoms with Gasteiger partial charge in [-0.3, -0.25) is 4.79 Å². The van der Waals surface area contributed by atoms with Crippen LogP contribution in [0.15, 0.2) is 18.2 Å². The fraction of sp³-hybridized carbons (Fsp3) is 0.462. The molecule has 2 N–H and O–H groups in total. The van der Waals surface area contributed by atoms with Crippen LogP contribution < -0.4 is 15.4 Å². The van der Waals surface area contributed by atoms with Crippen molar-refractivity contribution in [3.63, 3.8) is 0 Å². The third kappa shape index (κ3) is 4.20. The molecule has 0 saturated heterocycles. The average Bonchev–Trinajstić information content (AvgIpc) is 2.36. The number of anilines is 1. The molecule has 0 saturated carbocycles. The van der Waals surface area contributed by atoms with E-state index in [0.29, 0.717) is 23.0 Å². The van der Waals surface area contributed by atoms with Gasteiger partial charge in [-0.25, -0.2) is 0 Å². The normalized spacial score (nSPS) is 12.0. The van der Waals surface area contributed by atoms with E-state index in [1.807, 2.05) is 13.8 Å². The Labute approximate surface area is 113 Å². The number of benzene rings is 1. The lowest BCUT2D eigenvalue weighted by atomic mass is 10.1. The molecule has 0 radical (unpaired) electrons. The average molecular weight is 271 g/mol. The van der Waals surface area contributed by atoms with Crippen molar-refractivity contribution < 1.29 is 9.53 Å². The maximum atomic E-state index is 11.9. The van der Waals surface area contributed by atoms with E-state index in [-0.39, 0.29) is 11.8 Å². The van der Waals surface area contributed by atoms with Gasteiger partial charge in [-0.05, 0) is 24.7 Å². The Hall–Kier alpha value is -1.26. The smallest absolute Gasteiger partial charge is 0.228 e. The van der Waals surface area contributed by atoms with Crippen molar-refractivity contribution in [2.75, 3.05) is 25.5 Å². The summed E-state index contributed by atoms with van der Waals surface area (Å²) in [6.07, 6.45) is 0. The molecule has 1 aromatic rings. The summed E-state index contributed by atoms with van der Waals surface area (Å²) in [5.41, 5.74) is 0.675. The molecule has 0 aliphatic rings. The molecule has 18 heavy (non-hydrogen) atoms. The molecular weight excluding hydrogens is 252 g/mol. The molecule has 5 heteroatoms. The summed E-state index contributed by atoms with van der Waals surface area (Å²) < 4.78 is 5.05. The summed E-state index contributed by atoms with van der Waals surface area (Å²) in [7, 11) is 1.55. The van der Waals surface area contributed by atoms with Crippen LogP contribution in [-0.4, -0.2) is 26.1 Å². The van der Waals surface area contributed by atoms with Gasteiger partial charge in [0.15, 0.2) is 0 Å². The topological polar surface area (TPSA) is 50.4 Å². The number of hydrogen-bond donors (Lipinski definition) is 2. The van der Waals surface area contributed by atoms with E-state index in [4.69, 9.17) is 16.3 Å². The number of carbonyl (C=O) groups excluding carboxylic acids is 1. The standard InChI is InChI=1S/C13H19ClN2O2/c1-4-15-8-9(2)13(17)16-10-5-6-12(18-3)11(14)7-10/h5-7,9,15H,4,8H2,1-3H3,(H,16,17). The lowest BCUT2D eigenvalue weighted by molar-refractivity contribution is -0.119. The highest BCUT2D eigenvalue weighted by Gasteiger charge is 2.12.